The highest BCUT2D eigenvalue weighted by Gasteiger charge is 2.03. The standard InChI is InChI=1S/C14H22N2O/c1-12(10-15)11-16-14(17)9-5-8-13-6-3-2-4-7-13/h2-4,6-7,12H,5,8-11,15H2,1H3,(H,16,17)/i/hD. The highest BCUT2D eigenvalue weighted by molar-refractivity contribution is 5.75. The molecule has 94 valence electrons. The average molecular weight is 235 g/mol. The first-order chi connectivity index (χ1) is 8.72. The molecule has 3 heteroatoms. The van der Waals surface area contributed by atoms with Crippen molar-refractivity contribution in [2.75, 3.05) is 13.1 Å². The van der Waals surface area contributed by atoms with Gasteiger partial charge in [0, 0.05) is 13.0 Å². The van der Waals surface area contributed by atoms with Crippen molar-refractivity contribution in [2.45, 2.75) is 26.2 Å². The van der Waals surface area contributed by atoms with Crippen LogP contribution in [0.15, 0.2) is 30.3 Å². The molecule has 1 aromatic rings. The van der Waals surface area contributed by atoms with Crippen molar-refractivity contribution in [3.63, 3.8) is 0 Å². The number of nitrogens with two attached hydrogens (primary N) is 1. The van der Waals surface area contributed by atoms with Gasteiger partial charge in [-0.3, -0.25) is 4.79 Å². The Balaban J connectivity index is 2.10. The average Bonchev–Trinajstić information content (AvgIpc) is 2.38. The van der Waals surface area contributed by atoms with Crippen LogP contribution < -0.4 is 11.0 Å². The zero-order valence-electron chi connectivity index (χ0n) is 11.4. The second-order valence-corrected chi connectivity index (χ2v) is 4.45. The number of hydrogen-bond donors (Lipinski definition) is 2. The normalized spacial score (nSPS) is 12.9. The van der Waals surface area contributed by atoms with Crippen molar-refractivity contribution in [1.29, 1.82) is 0 Å². The first-order valence-electron chi connectivity index (χ1n) is 6.67. The van der Waals surface area contributed by atoms with Crippen LogP contribution in [0.5, 0.6) is 0 Å². The summed E-state index contributed by atoms with van der Waals surface area (Å²) in [5.41, 5.74) is 3.63. The molecule has 0 spiro atoms. The van der Waals surface area contributed by atoms with Gasteiger partial charge in [-0.2, -0.15) is 0 Å². The number of nitrogens with one attached hydrogen (secondary N) is 1. The number of hydrogen-bond acceptors (Lipinski definition) is 2. The molecule has 0 bridgehead atoms. The minimum Gasteiger partial charge on any atom is -0.356 e. The molecule has 0 fully saturated rings. The van der Waals surface area contributed by atoms with E-state index in [2.05, 4.69) is 23.2 Å². The predicted octanol–water partition coefficient (Wildman–Crippen LogP) is 1.72. The predicted molar refractivity (Wildman–Crippen MR) is 70.6 cm³/mol. The number of amides is 1. The van der Waals surface area contributed by atoms with E-state index >= 15 is 0 Å². The van der Waals surface area contributed by atoms with Crippen LogP contribution >= 0.6 is 0 Å². The van der Waals surface area contributed by atoms with E-state index in [1.54, 1.807) is 0 Å². The molecular weight excluding hydrogens is 212 g/mol. The van der Waals surface area contributed by atoms with E-state index in [1.807, 2.05) is 25.1 Å². The van der Waals surface area contributed by atoms with Crippen molar-refractivity contribution < 1.29 is 6.21 Å². The first kappa shape index (κ1) is 12.1. The fourth-order valence-corrected chi connectivity index (χ4v) is 1.55. The van der Waals surface area contributed by atoms with Crippen molar-refractivity contribution in [3.05, 3.63) is 35.9 Å². The minimum atomic E-state index is 0.0998. The van der Waals surface area contributed by atoms with Gasteiger partial charge in [0.1, 0.15) is 1.41 Å². The second-order valence-electron chi connectivity index (χ2n) is 4.45. The van der Waals surface area contributed by atoms with E-state index in [0.29, 0.717) is 25.4 Å². The Labute approximate surface area is 105 Å². The van der Waals surface area contributed by atoms with Crippen molar-refractivity contribution in [1.82, 2.24) is 5.32 Å². The molecule has 0 aromatic heterocycles. The SMILES string of the molecule is [2H]NCC(C)CNC(=O)CCCc1ccccc1. The van der Waals surface area contributed by atoms with Crippen LogP contribution in [-0.4, -0.2) is 19.0 Å². The van der Waals surface area contributed by atoms with Gasteiger partial charge in [0.2, 0.25) is 5.91 Å². The molecule has 3 N–H and O–H groups in total. The van der Waals surface area contributed by atoms with Gasteiger partial charge >= 0.3 is 0 Å². The Morgan fingerprint density at radius 2 is 2.24 bits per heavy atom. The topological polar surface area (TPSA) is 55.1 Å². The molecule has 17 heavy (non-hydrogen) atoms. The van der Waals surface area contributed by atoms with Crippen molar-refractivity contribution >= 4 is 5.91 Å². The summed E-state index contributed by atoms with van der Waals surface area (Å²) in [5.74, 6) is 0.392. The van der Waals surface area contributed by atoms with Gasteiger partial charge in [-0.05, 0) is 30.9 Å². The molecule has 1 atom stereocenters. The van der Waals surface area contributed by atoms with Gasteiger partial charge in [0.15, 0.2) is 0 Å². The Morgan fingerprint density at radius 3 is 2.94 bits per heavy atom. The molecule has 0 aliphatic rings. The van der Waals surface area contributed by atoms with Crippen LogP contribution in [0.25, 0.3) is 0 Å². The smallest absolute Gasteiger partial charge is 0.220 e. The number of rotatable bonds is 8. The van der Waals surface area contributed by atoms with Gasteiger partial charge < -0.3 is 11.0 Å². The number of benzene rings is 1. The molecule has 1 rings (SSSR count). The van der Waals surface area contributed by atoms with Gasteiger partial charge in [0.25, 0.3) is 0 Å². The Hall–Kier alpha value is -1.35. The maximum Gasteiger partial charge on any atom is 0.220 e. The lowest BCUT2D eigenvalue weighted by molar-refractivity contribution is -0.121. The van der Waals surface area contributed by atoms with Crippen LogP contribution in [0, 0.1) is 5.92 Å². The summed E-state index contributed by atoms with van der Waals surface area (Å²) < 4.78 is 6.86. The van der Waals surface area contributed by atoms with E-state index < -0.39 is 0 Å². The Kier molecular flexibility index (Phi) is 5.59. The van der Waals surface area contributed by atoms with E-state index in [-0.39, 0.29) is 5.91 Å². The lowest BCUT2D eigenvalue weighted by Gasteiger charge is -2.09. The largest absolute Gasteiger partial charge is 0.356 e. The molecule has 0 heterocycles. The molecule has 1 aromatic carbocycles. The fraction of sp³-hybridized carbons (Fsp3) is 0.500. The monoisotopic (exact) mass is 235 g/mol. The molecule has 0 aliphatic heterocycles. The molecule has 3 nitrogen and oxygen atoms in total. The maximum absolute atomic E-state index is 11.6. The highest BCUT2D eigenvalue weighted by atomic mass is 16.1. The summed E-state index contributed by atoms with van der Waals surface area (Å²) in [7, 11) is 0. The zero-order valence-corrected chi connectivity index (χ0v) is 10.4. The van der Waals surface area contributed by atoms with Gasteiger partial charge in [-0.15, -0.1) is 0 Å². The highest BCUT2D eigenvalue weighted by Crippen LogP contribution is 2.04. The second kappa shape index (κ2) is 7.85. The molecule has 0 radical (unpaired) electrons. The summed E-state index contributed by atoms with van der Waals surface area (Å²) in [6.45, 7) is 3.24. The van der Waals surface area contributed by atoms with E-state index in [9.17, 15) is 4.79 Å². The summed E-state index contributed by atoms with van der Waals surface area (Å²) in [6, 6.07) is 10.2. The summed E-state index contributed by atoms with van der Waals surface area (Å²) in [4.78, 5) is 11.6. The van der Waals surface area contributed by atoms with Crippen molar-refractivity contribution in [3.8, 4) is 0 Å². The maximum atomic E-state index is 11.6. The van der Waals surface area contributed by atoms with E-state index in [0.717, 1.165) is 12.8 Å². The van der Waals surface area contributed by atoms with Crippen molar-refractivity contribution in [2.24, 2.45) is 11.6 Å². The first-order valence-corrected chi connectivity index (χ1v) is 6.17. The number of carbonyl (C=O) groups is 1. The van der Waals surface area contributed by atoms with E-state index in [1.165, 1.54) is 5.56 Å². The third-order valence-electron chi connectivity index (χ3n) is 2.71. The van der Waals surface area contributed by atoms with Crippen LogP contribution in [0.1, 0.15) is 25.3 Å². The molecule has 0 saturated heterocycles. The summed E-state index contributed by atoms with van der Waals surface area (Å²) >= 11 is 0. The third kappa shape index (κ3) is 6.07. The number of carbonyl (C=O) groups excluding carboxylic acids is 1. The number of aryl methyl sites for hydroxylation is 1. The van der Waals surface area contributed by atoms with E-state index in [4.69, 9.17) is 1.41 Å². The summed E-state index contributed by atoms with van der Waals surface area (Å²) in [5, 5.41) is 2.89. The Bertz CT molecular complexity index is 343. The lowest BCUT2D eigenvalue weighted by atomic mass is 10.1. The van der Waals surface area contributed by atoms with Crippen LogP contribution in [0.3, 0.4) is 0 Å². The molecule has 1 amide bonds. The fourth-order valence-electron chi connectivity index (χ4n) is 1.55. The van der Waals surface area contributed by atoms with Crippen LogP contribution in [-0.2, 0) is 11.2 Å². The van der Waals surface area contributed by atoms with Gasteiger partial charge in [0.05, 0.1) is 0 Å². The summed E-state index contributed by atoms with van der Waals surface area (Å²) in [6.07, 6.45) is 2.38. The molecule has 0 saturated carbocycles. The minimum absolute atomic E-state index is 0.0998. The third-order valence-corrected chi connectivity index (χ3v) is 2.71. The Morgan fingerprint density at radius 1 is 1.47 bits per heavy atom. The quantitative estimate of drug-likeness (QED) is 0.721. The molecular formula is C14H22N2O. The molecule has 1 unspecified atom stereocenters. The molecule has 0 aliphatic carbocycles. The van der Waals surface area contributed by atoms with Crippen LogP contribution in [0.2, 0.25) is 1.41 Å². The van der Waals surface area contributed by atoms with Gasteiger partial charge in [-0.25, -0.2) is 0 Å². The zero-order chi connectivity index (χ0) is 13.2. The lowest BCUT2D eigenvalue weighted by Crippen LogP contribution is -2.31. The van der Waals surface area contributed by atoms with Gasteiger partial charge in [-0.1, -0.05) is 37.3 Å². The van der Waals surface area contributed by atoms with Crippen LogP contribution in [0.4, 0.5) is 0 Å².